The van der Waals surface area contributed by atoms with Crippen LogP contribution in [0, 0.1) is 5.92 Å². The zero-order valence-electron chi connectivity index (χ0n) is 12.7. The van der Waals surface area contributed by atoms with Crippen LogP contribution in [0.1, 0.15) is 57.7 Å². The van der Waals surface area contributed by atoms with E-state index in [4.69, 9.17) is 10.7 Å². The predicted molar refractivity (Wildman–Crippen MR) is 81.4 cm³/mol. The number of hydrogen-bond acceptors (Lipinski definition) is 3. The highest BCUT2D eigenvalue weighted by atomic mass is 15.2. The van der Waals surface area contributed by atoms with Crippen LogP contribution in [0.3, 0.4) is 0 Å². The minimum absolute atomic E-state index is 0.449. The van der Waals surface area contributed by atoms with Gasteiger partial charge in [0.15, 0.2) is 0 Å². The van der Waals surface area contributed by atoms with Crippen molar-refractivity contribution >= 4 is 5.82 Å². The Morgan fingerprint density at radius 3 is 2.42 bits per heavy atom. The lowest BCUT2D eigenvalue weighted by Crippen LogP contribution is -2.31. The molecule has 1 aromatic rings. The molecule has 1 saturated carbocycles. The van der Waals surface area contributed by atoms with Crippen molar-refractivity contribution in [2.45, 2.75) is 59.0 Å². The van der Waals surface area contributed by atoms with E-state index in [0.717, 1.165) is 18.1 Å². The second-order valence-electron chi connectivity index (χ2n) is 6.39. The first kappa shape index (κ1) is 14.3. The van der Waals surface area contributed by atoms with Crippen molar-refractivity contribution in [2.24, 2.45) is 11.7 Å². The first-order chi connectivity index (χ1) is 9.01. The van der Waals surface area contributed by atoms with Crippen molar-refractivity contribution in [1.29, 1.82) is 0 Å². The van der Waals surface area contributed by atoms with Gasteiger partial charge in [0.2, 0.25) is 0 Å². The van der Waals surface area contributed by atoms with Crippen LogP contribution in [0.2, 0.25) is 0 Å². The molecule has 1 fully saturated rings. The Balaban J connectivity index is 2.32. The van der Waals surface area contributed by atoms with Crippen LogP contribution >= 0.6 is 0 Å². The number of nitrogens with zero attached hydrogens (tertiary/aromatic N) is 2. The average molecular weight is 261 g/mol. The molecule has 0 spiro atoms. The minimum Gasteiger partial charge on any atom is -0.353 e. The molecule has 106 valence electrons. The molecule has 3 nitrogen and oxygen atoms in total. The fourth-order valence-electron chi connectivity index (χ4n) is 2.36. The van der Waals surface area contributed by atoms with Gasteiger partial charge in [-0.15, -0.1) is 0 Å². The highest BCUT2D eigenvalue weighted by molar-refractivity contribution is 5.45. The van der Waals surface area contributed by atoms with Crippen molar-refractivity contribution in [2.75, 3.05) is 11.4 Å². The fourth-order valence-corrected chi connectivity index (χ4v) is 2.36. The lowest BCUT2D eigenvalue weighted by molar-refractivity contribution is 0.601. The Kier molecular flexibility index (Phi) is 4.46. The smallest absolute Gasteiger partial charge is 0.129 e. The molecule has 19 heavy (non-hydrogen) atoms. The second-order valence-corrected chi connectivity index (χ2v) is 6.39. The lowest BCUT2D eigenvalue weighted by Gasteiger charge is -2.27. The summed E-state index contributed by atoms with van der Waals surface area (Å²) in [5, 5.41) is 0. The van der Waals surface area contributed by atoms with Crippen LogP contribution in [0.4, 0.5) is 5.82 Å². The van der Waals surface area contributed by atoms with Crippen molar-refractivity contribution in [3.8, 4) is 0 Å². The molecule has 0 radical (unpaired) electrons. The number of hydrogen-bond donors (Lipinski definition) is 1. The molecule has 3 heteroatoms. The van der Waals surface area contributed by atoms with Crippen LogP contribution in [-0.4, -0.2) is 17.6 Å². The normalized spacial score (nSPS) is 15.3. The Labute approximate surface area is 117 Å². The molecule has 0 amide bonds. The molecule has 0 aliphatic heterocycles. The fraction of sp³-hybridized carbons (Fsp3) is 0.688. The number of anilines is 1. The third-order valence-electron chi connectivity index (χ3n) is 3.56. The van der Waals surface area contributed by atoms with Gasteiger partial charge < -0.3 is 10.6 Å². The zero-order valence-corrected chi connectivity index (χ0v) is 12.7. The van der Waals surface area contributed by atoms with Gasteiger partial charge in [-0.1, -0.05) is 27.7 Å². The van der Waals surface area contributed by atoms with E-state index in [9.17, 15) is 0 Å². The Morgan fingerprint density at radius 1 is 1.26 bits per heavy atom. The van der Waals surface area contributed by atoms with Crippen molar-refractivity contribution in [1.82, 2.24) is 4.98 Å². The van der Waals surface area contributed by atoms with E-state index >= 15 is 0 Å². The van der Waals surface area contributed by atoms with Gasteiger partial charge in [0.25, 0.3) is 0 Å². The average Bonchev–Trinajstić information content (AvgIpc) is 3.19. The number of pyridine rings is 1. The first-order valence-corrected chi connectivity index (χ1v) is 7.48. The molecule has 2 N–H and O–H groups in total. The Morgan fingerprint density at radius 2 is 1.95 bits per heavy atom. The largest absolute Gasteiger partial charge is 0.353 e. The number of aromatic nitrogens is 1. The SMILES string of the molecule is CC(C)CN(c1cc(CN)cc(C(C)C)n1)C1CC1. The van der Waals surface area contributed by atoms with Gasteiger partial charge in [-0.05, 0) is 42.4 Å². The highest BCUT2D eigenvalue weighted by Gasteiger charge is 2.30. The summed E-state index contributed by atoms with van der Waals surface area (Å²) in [6.07, 6.45) is 2.61. The summed E-state index contributed by atoms with van der Waals surface area (Å²) >= 11 is 0. The Hall–Kier alpha value is -1.09. The van der Waals surface area contributed by atoms with E-state index in [1.165, 1.54) is 18.4 Å². The maximum atomic E-state index is 5.83. The molecule has 1 aliphatic carbocycles. The summed E-state index contributed by atoms with van der Waals surface area (Å²) in [5.74, 6) is 2.24. The maximum Gasteiger partial charge on any atom is 0.129 e. The van der Waals surface area contributed by atoms with Gasteiger partial charge in [-0.2, -0.15) is 0 Å². The Bertz CT molecular complexity index is 422. The molecule has 0 unspecified atom stereocenters. The van der Waals surface area contributed by atoms with Gasteiger partial charge in [-0.25, -0.2) is 4.98 Å². The molecule has 1 heterocycles. The topological polar surface area (TPSA) is 42.1 Å². The van der Waals surface area contributed by atoms with Gasteiger partial charge in [0.1, 0.15) is 5.82 Å². The van der Waals surface area contributed by atoms with Gasteiger partial charge in [-0.3, -0.25) is 0 Å². The molecule has 1 aliphatic rings. The summed E-state index contributed by atoms with van der Waals surface area (Å²) in [6, 6.07) is 5.02. The minimum atomic E-state index is 0.449. The summed E-state index contributed by atoms with van der Waals surface area (Å²) in [7, 11) is 0. The number of rotatable bonds is 6. The molecular formula is C16H27N3. The van der Waals surface area contributed by atoms with Crippen molar-refractivity contribution in [3.63, 3.8) is 0 Å². The third kappa shape index (κ3) is 3.69. The van der Waals surface area contributed by atoms with Crippen molar-refractivity contribution in [3.05, 3.63) is 23.4 Å². The lowest BCUT2D eigenvalue weighted by atomic mass is 10.1. The molecule has 0 saturated heterocycles. The third-order valence-corrected chi connectivity index (χ3v) is 3.56. The van der Waals surface area contributed by atoms with Gasteiger partial charge in [0.05, 0.1) is 0 Å². The van der Waals surface area contributed by atoms with Crippen LogP contribution in [0.25, 0.3) is 0 Å². The van der Waals surface area contributed by atoms with E-state index in [-0.39, 0.29) is 0 Å². The van der Waals surface area contributed by atoms with Crippen LogP contribution < -0.4 is 10.6 Å². The van der Waals surface area contributed by atoms with Crippen molar-refractivity contribution < 1.29 is 0 Å². The van der Waals surface area contributed by atoms with Crippen LogP contribution in [0.15, 0.2) is 12.1 Å². The number of nitrogens with two attached hydrogens (primary N) is 1. The van der Waals surface area contributed by atoms with Gasteiger partial charge >= 0.3 is 0 Å². The molecule has 2 rings (SSSR count). The second kappa shape index (κ2) is 5.91. The quantitative estimate of drug-likeness (QED) is 0.854. The molecule has 0 bridgehead atoms. The summed E-state index contributed by atoms with van der Waals surface area (Å²) < 4.78 is 0. The first-order valence-electron chi connectivity index (χ1n) is 7.48. The van der Waals surface area contributed by atoms with Gasteiger partial charge in [0, 0.05) is 24.8 Å². The molecule has 0 atom stereocenters. The van der Waals surface area contributed by atoms with Crippen LogP contribution in [0.5, 0.6) is 0 Å². The van der Waals surface area contributed by atoms with E-state index in [1.54, 1.807) is 0 Å². The predicted octanol–water partition coefficient (Wildman–Crippen LogP) is 3.29. The van der Waals surface area contributed by atoms with Crippen LogP contribution in [-0.2, 0) is 6.54 Å². The molecule has 0 aromatic carbocycles. The summed E-state index contributed by atoms with van der Waals surface area (Å²) in [5.41, 5.74) is 8.19. The standard InChI is InChI=1S/C16H27N3/c1-11(2)10-19(14-5-6-14)16-8-13(9-17)7-15(18-16)12(3)4/h7-8,11-12,14H,5-6,9-10,17H2,1-4H3. The van der Waals surface area contributed by atoms with E-state index in [1.807, 2.05) is 0 Å². The van der Waals surface area contributed by atoms with E-state index in [2.05, 4.69) is 44.7 Å². The maximum absolute atomic E-state index is 5.83. The zero-order chi connectivity index (χ0) is 14.0. The molecule has 1 aromatic heterocycles. The molecular weight excluding hydrogens is 234 g/mol. The summed E-state index contributed by atoms with van der Waals surface area (Å²) in [4.78, 5) is 7.35. The van der Waals surface area contributed by atoms with E-state index in [0.29, 0.717) is 24.4 Å². The monoisotopic (exact) mass is 261 g/mol. The summed E-state index contributed by atoms with van der Waals surface area (Å²) in [6.45, 7) is 10.6. The highest BCUT2D eigenvalue weighted by Crippen LogP contribution is 2.32. The van der Waals surface area contributed by atoms with E-state index < -0.39 is 0 Å².